The molecule has 0 aliphatic carbocycles. The van der Waals surface area contributed by atoms with Gasteiger partial charge in [-0.2, -0.15) is 0 Å². The first-order valence-corrected chi connectivity index (χ1v) is 7.85. The quantitative estimate of drug-likeness (QED) is 0.800. The molecule has 2 aliphatic heterocycles. The number of piperidine rings is 1. The predicted molar refractivity (Wildman–Crippen MR) is 78.0 cm³/mol. The SMILES string of the molecule is CC1(C)CNCCC1NCCN1CCCCCC1. The Morgan fingerprint density at radius 2 is 1.89 bits per heavy atom. The minimum absolute atomic E-state index is 0.400. The average molecular weight is 253 g/mol. The first-order valence-electron chi connectivity index (χ1n) is 7.85. The lowest BCUT2D eigenvalue weighted by molar-refractivity contribution is 0.177. The molecule has 0 amide bonds. The normalized spacial score (nSPS) is 30.0. The molecule has 18 heavy (non-hydrogen) atoms. The average Bonchev–Trinajstić information content (AvgIpc) is 2.60. The third-order valence-corrected chi connectivity index (χ3v) is 4.65. The van der Waals surface area contributed by atoms with Crippen molar-refractivity contribution in [2.75, 3.05) is 39.3 Å². The molecule has 106 valence electrons. The highest BCUT2D eigenvalue weighted by atomic mass is 15.1. The van der Waals surface area contributed by atoms with E-state index in [-0.39, 0.29) is 0 Å². The van der Waals surface area contributed by atoms with Gasteiger partial charge in [-0.25, -0.2) is 0 Å². The van der Waals surface area contributed by atoms with Gasteiger partial charge in [-0.3, -0.25) is 0 Å². The van der Waals surface area contributed by atoms with Crippen molar-refractivity contribution in [1.82, 2.24) is 15.5 Å². The first-order chi connectivity index (χ1) is 8.68. The van der Waals surface area contributed by atoms with E-state index < -0.39 is 0 Å². The molecular formula is C15H31N3. The van der Waals surface area contributed by atoms with Gasteiger partial charge in [-0.1, -0.05) is 26.7 Å². The van der Waals surface area contributed by atoms with E-state index >= 15 is 0 Å². The monoisotopic (exact) mass is 253 g/mol. The Hall–Kier alpha value is -0.120. The fourth-order valence-corrected chi connectivity index (χ4v) is 3.31. The molecule has 0 aromatic heterocycles. The van der Waals surface area contributed by atoms with Gasteiger partial charge in [0.1, 0.15) is 0 Å². The molecule has 0 bridgehead atoms. The molecule has 2 saturated heterocycles. The predicted octanol–water partition coefficient (Wildman–Crippen LogP) is 1.84. The summed E-state index contributed by atoms with van der Waals surface area (Å²) in [7, 11) is 0. The Morgan fingerprint density at radius 3 is 2.56 bits per heavy atom. The Balaban J connectivity index is 1.67. The number of likely N-dealkylation sites (tertiary alicyclic amines) is 1. The van der Waals surface area contributed by atoms with E-state index in [1.54, 1.807) is 0 Å². The van der Waals surface area contributed by atoms with Crippen LogP contribution in [0.5, 0.6) is 0 Å². The van der Waals surface area contributed by atoms with Crippen molar-refractivity contribution in [3.05, 3.63) is 0 Å². The highest BCUT2D eigenvalue weighted by Gasteiger charge is 2.31. The zero-order valence-electron chi connectivity index (χ0n) is 12.3. The van der Waals surface area contributed by atoms with Crippen LogP contribution in [0.15, 0.2) is 0 Å². The molecule has 2 N–H and O–H groups in total. The summed E-state index contributed by atoms with van der Waals surface area (Å²) in [5, 5.41) is 7.30. The minimum atomic E-state index is 0.400. The van der Waals surface area contributed by atoms with Gasteiger partial charge < -0.3 is 15.5 Å². The molecule has 0 aromatic rings. The number of hydrogen-bond donors (Lipinski definition) is 2. The van der Waals surface area contributed by atoms with Crippen LogP contribution in [0.4, 0.5) is 0 Å². The molecule has 2 aliphatic rings. The van der Waals surface area contributed by atoms with Gasteiger partial charge in [-0.05, 0) is 44.3 Å². The van der Waals surface area contributed by atoms with Crippen molar-refractivity contribution in [2.24, 2.45) is 5.41 Å². The molecule has 1 unspecified atom stereocenters. The standard InChI is InChI=1S/C15H31N3/c1-15(2)13-16-8-7-14(15)17-9-12-18-10-5-3-4-6-11-18/h14,16-17H,3-13H2,1-2H3. The summed E-state index contributed by atoms with van der Waals surface area (Å²) in [6.07, 6.45) is 6.95. The summed E-state index contributed by atoms with van der Waals surface area (Å²) in [5.41, 5.74) is 0.400. The third-order valence-electron chi connectivity index (χ3n) is 4.65. The second-order valence-corrected chi connectivity index (χ2v) is 6.72. The highest BCUT2D eigenvalue weighted by Crippen LogP contribution is 2.24. The van der Waals surface area contributed by atoms with E-state index in [1.165, 1.54) is 58.3 Å². The van der Waals surface area contributed by atoms with Gasteiger partial charge in [-0.15, -0.1) is 0 Å². The van der Waals surface area contributed by atoms with Crippen LogP contribution in [0.3, 0.4) is 0 Å². The van der Waals surface area contributed by atoms with Gasteiger partial charge in [0, 0.05) is 25.7 Å². The Kier molecular flexibility index (Phi) is 5.46. The maximum Gasteiger partial charge on any atom is 0.0143 e. The van der Waals surface area contributed by atoms with Gasteiger partial charge in [0.15, 0.2) is 0 Å². The summed E-state index contributed by atoms with van der Waals surface area (Å²) < 4.78 is 0. The molecule has 0 radical (unpaired) electrons. The van der Waals surface area contributed by atoms with Gasteiger partial charge in [0.25, 0.3) is 0 Å². The lowest BCUT2D eigenvalue weighted by Crippen LogP contribution is -2.54. The van der Waals surface area contributed by atoms with Crippen molar-refractivity contribution in [2.45, 2.75) is 52.0 Å². The Morgan fingerprint density at radius 1 is 1.17 bits per heavy atom. The van der Waals surface area contributed by atoms with Crippen LogP contribution in [-0.2, 0) is 0 Å². The van der Waals surface area contributed by atoms with Gasteiger partial charge in [0.05, 0.1) is 0 Å². The second kappa shape index (κ2) is 6.88. The van der Waals surface area contributed by atoms with E-state index in [0.29, 0.717) is 11.5 Å². The molecule has 2 fully saturated rings. The minimum Gasteiger partial charge on any atom is -0.316 e. The molecule has 0 spiro atoms. The second-order valence-electron chi connectivity index (χ2n) is 6.72. The van der Waals surface area contributed by atoms with Crippen LogP contribution in [0.2, 0.25) is 0 Å². The Bertz CT molecular complexity index is 232. The fraction of sp³-hybridized carbons (Fsp3) is 1.00. The zero-order valence-corrected chi connectivity index (χ0v) is 12.3. The van der Waals surface area contributed by atoms with Crippen molar-refractivity contribution >= 4 is 0 Å². The van der Waals surface area contributed by atoms with Gasteiger partial charge in [0.2, 0.25) is 0 Å². The number of rotatable bonds is 4. The maximum atomic E-state index is 3.80. The van der Waals surface area contributed by atoms with Crippen LogP contribution in [0.25, 0.3) is 0 Å². The summed E-state index contributed by atoms with van der Waals surface area (Å²) in [6.45, 7) is 12.1. The molecule has 2 heterocycles. The molecule has 3 heteroatoms. The maximum absolute atomic E-state index is 3.80. The van der Waals surface area contributed by atoms with Crippen LogP contribution in [0.1, 0.15) is 46.0 Å². The van der Waals surface area contributed by atoms with Crippen molar-refractivity contribution in [3.8, 4) is 0 Å². The summed E-state index contributed by atoms with van der Waals surface area (Å²) in [5.74, 6) is 0. The molecule has 1 atom stereocenters. The van der Waals surface area contributed by atoms with Crippen LogP contribution in [0, 0.1) is 5.41 Å². The van der Waals surface area contributed by atoms with E-state index in [4.69, 9.17) is 0 Å². The van der Waals surface area contributed by atoms with Crippen molar-refractivity contribution in [3.63, 3.8) is 0 Å². The first kappa shape index (κ1) is 14.3. The number of nitrogens with one attached hydrogen (secondary N) is 2. The smallest absolute Gasteiger partial charge is 0.0143 e. The highest BCUT2D eigenvalue weighted by molar-refractivity contribution is 4.90. The molecule has 2 rings (SSSR count). The van der Waals surface area contributed by atoms with Crippen molar-refractivity contribution < 1.29 is 0 Å². The molecule has 3 nitrogen and oxygen atoms in total. The van der Waals surface area contributed by atoms with E-state index in [2.05, 4.69) is 29.4 Å². The van der Waals surface area contributed by atoms with Crippen LogP contribution in [-0.4, -0.2) is 50.2 Å². The van der Waals surface area contributed by atoms with Crippen LogP contribution >= 0.6 is 0 Å². The Labute approximate surface area is 113 Å². The van der Waals surface area contributed by atoms with Crippen LogP contribution < -0.4 is 10.6 Å². The lowest BCUT2D eigenvalue weighted by Gasteiger charge is -2.40. The molecular weight excluding hydrogens is 222 g/mol. The third kappa shape index (κ3) is 4.22. The summed E-state index contributed by atoms with van der Waals surface area (Å²) in [6, 6.07) is 0.686. The fourth-order valence-electron chi connectivity index (χ4n) is 3.31. The zero-order chi connectivity index (χ0) is 12.8. The van der Waals surface area contributed by atoms with E-state index in [0.717, 1.165) is 13.1 Å². The van der Waals surface area contributed by atoms with Crippen molar-refractivity contribution in [1.29, 1.82) is 0 Å². The lowest BCUT2D eigenvalue weighted by atomic mass is 9.80. The summed E-state index contributed by atoms with van der Waals surface area (Å²) >= 11 is 0. The number of hydrogen-bond acceptors (Lipinski definition) is 3. The molecule has 0 saturated carbocycles. The summed E-state index contributed by atoms with van der Waals surface area (Å²) in [4.78, 5) is 2.65. The van der Waals surface area contributed by atoms with Gasteiger partial charge >= 0.3 is 0 Å². The van der Waals surface area contributed by atoms with E-state index in [1.807, 2.05) is 0 Å². The van der Waals surface area contributed by atoms with E-state index in [9.17, 15) is 0 Å². The largest absolute Gasteiger partial charge is 0.316 e. The number of nitrogens with zero attached hydrogens (tertiary/aromatic N) is 1. The molecule has 0 aromatic carbocycles. The topological polar surface area (TPSA) is 27.3 Å².